The molecule has 0 saturated carbocycles. The van der Waals surface area contributed by atoms with Crippen molar-refractivity contribution in [3.8, 4) is 0 Å². The SMILES string of the molecule is CC(=O)c1cc(Cl)c(C(F)F)c(C(F)(F)F)c1. The van der Waals surface area contributed by atoms with Gasteiger partial charge in [-0.25, -0.2) is 8.78 Å². The van der Waals surface area contributed by atoms with Gasteiger partial charge in [-0.15, -0.1) is 0 Å². The molecule has 0 saturated heterocycles. The third-order valence-electron chi connectivity index (χ3n) is 2.06. The highest BCUT2D eigenvalue weighted by Crippen LogP contribution is 2.40. The number of hydrogen-bond acceptors (Lipinski definition) is 1. The van der Waals surface area contributed by atoms with Gasteiger partial charge in [0.1, 0.15) is 0 Å². The molecule has 0 N–H and O–H groups in total. The third kappa shape index (κ3) is 2.94. The summed E-state index contributed by atoms with van der Waals surface area (Å²) in [6.07, 6.45) is -8.35. The highest BCUT2D eigenvalue weighted by molar-refractivity contribution is 6.32. The molecular weight excluding hydrogens is 267 g/mol. The van der Waals surface area contributed by atoms with E-state index in [1.54, 1.807) is 0 Å². The quantitative estimate of drug-likeness (QED) is 0.572. The van der Waals surface area contributed by atoms with Crippen LogP contribution in [0.4, 0.5) is 22.0 Å². The monoisotopic (exact) mass is 272 g/mol. The van der Waals surface area contributed by atoms with Gasteiger partial charge in [-0.2, -0.15) is 13.2 Å². The van der Waals surface area contributed by atoms with Gasteiger partial charge < -0.3 is 0 Å². The first-order valence-electron chi connectivity index (χ1n) is 4.34. The Hall–Kier alpha value is -1.17. The lowest BCUT2D eigenvalue weighted by molar-refractivity contribution is -0.139. The van der Waals surface area contributed by atoms with E-state index in [1.807, 2.05) is 0 Å². The van der Waals surface area contributed by atoms with Crippen molar-refractivity contribution < 1.29 is 26.7 Å². The van der Waals surface area contributed by atoms with Crippen LogP contribution in [-0.2, 0) is 6.18 Å². The Bertz CT molecular complexity index is 453. The van der Waals surface area contributed by atoms with Gasteiger partial charge in [-0.1, -0.05) is 11.6 Å². The molecule has 1 aromatic carbocycles. The molecule has 0 unspecified atom stereocenters. The Kier molecular flexibility index (Phi) is 3.76. The molecule has 1 nitrogen and oxygen atoms in total. The average Bonchev–Trinajstić information content (AvgIpc) is 2.14. The van der Waals surface area contributed by atoms with Crippen molar-refractivity contribution in [2.45, 2.75) is 19.5 Å². The number of alkyl halides is 5. The molecule has 1 rings (SSSR count). The summed E-state index contributed by atoms with van der Waals surface area (Å²) in [5, 5.41) is -0.764. The van der Waals surface area contributed by atoms with Gasteiger partial charge in [0.25, 0.3) is 6.43 Å². The van der Waals surface area contributed by atoms with Crippen LogP contribution in [0.15, 0.2) is 12.1 Å². The highest BCUT2D eigenvalue weighted by atomic mass is 35.5. The van der Waals surface area contributed by atoms with E-state index in [-0.39, 0.29) is 5.56 Å². The molecule has 0 aliphatic carbocycles. The number of Topliss-reactive ketones (excluding diaryl/α,β-unsaturated/α-hetero) is 1. The Labute approximate surface area is 98.2 Å². The fourth-order valence-electron chi connectivity index (χ4n) is 1.28. The van der Waals surface area contributed by atoms with Crippen LogP contribution in [0.3, 0.4) is 0 Å². The van der Waals surface area contributed by atoms with Gasteiger partial charge in [-0.05, 0) is 19.1 Å². The molecule has 0 amide bonds. The molecule has 94 valence electrons. The maximum atomic E-state index is 12.5. The molecule has 0 radical (unpaired) electrons. The van der Waals surface area contributed by atoms with Gasteiger partial charge in [0.05, 0.1) is 10.6 Å². The van der Waals surface area contributed by atoms with Crippen molar-refractivity contribution >= 4 is 17.4 Å². The van der Waals surface area contributed by atoms with Crippen LogP contribution in [-0.4, -0.2) is 5.78 Å². The first kappa shape index (κ1) is 13.9. The molecule has 0 aromatic heterocycles. The van der Waals surface area contributed by atoms with Crippen molar-refractivity contribution in [1.82, 2.24) is 0 Å². The summed E-state index contributed by atoms with van der Waals surface area (Å²) in [6.45, 7) is 1.02. The molecule has 1 aromatic rings. The summed E-state index contributed by atoms with van der Waals surface area (Å²) in [4.78, 5) is 10.9. The Morgan fingerprint density at radius 1 is 1.29 bits per heavy atom. The van der Waals surface area contributed by atoms with Crippen LogP contribution >= 0.6 is 11.6 Å². The topological polar surface area (TPSA) is 17.1 Å². The van der Waals surface area contributed by atoms with Gasteiger partial charge in [0.15, 0.2) is 5.78 Å². The Morgan fingerprint density at radius 2 is 1.82 bits per heavy atom. The largest absolute Gasteiger partial charge is 0.416 e. The Morgan fingerprint density at radius 3 is 2.18 bits per heavy atom. The normalized spacial score (nSPS) is 12.0. The summed E-state index contributed by atoms with van der Waals surface area (Å²) in [6, 6.07) is 1.19. The van der Waals surface area contributed by atoms with E-state index in [1.165, 1.54) is 0 Å². The first-order valence-corrected chi connectivity index (χ1v) is 4.72. The number of halogens is 6. The van der Waals surface area contributed by atoms with Gasteiger partial charge in [0, 0.05) is 11.1 Å². The molecule has 7 heteroatoms. The predicted molar refractivity (Wildman–Crippen MR) is 51.4 cm³/mol. The summed E-state index contributed by atoms with van der Waals surface area (Å²) in [7, 11) is 0. The van der Waals surface area contributed by atoms with E-state index in [0.717, 1.165) is 13.0 Å². The lowest BCUT2D eigenvalue weighted by atomic mass is 10.0. The number of benzene rings is 1. The molecule has 17 heavy (non-hydrogen) atoms. The first-order chi connectivity index (χ1) is 7.64. The van der Waals surface area contributed by atoms with E-state index in [4.69, 9.17) is 11.6 Å². The number of rotatable bonds is 2. The van der Waals surface area contributed by atoms with Crippen LogP contribution in [0.25, 0.3) is 0 Å². The number of ketones is 1. The number of carbonyl (C=O) groups excluding carboxylic acids is 1. The molecule has 0 fully saturated rings. The third-order valence-corrected chi connectivity index (χ3v) is 2.37. The minimum atomic E-state index is -4.99. The highest BCUT2D eigenvalue weighted by Gasteiger charge is 2.37. The summed E-state index contributed by atoms with van der Waals surface area (Å²) < 4.78 is 62.6. The van der Waals surface area contributed by atoms with Crippen LogP contribution in [0.2, 0.25) is 5.02 Å². The van der Waals surface area contributed by atoms with Crippen molar-refractivity contribution in [3.05, 3.63) is 33.8 Å². The predicted octanol–water partition coefficient (Wildman–Crippen LogP) is 4.50. The van der Waals surface area contributed by atoms with Crippen molar-refractivity contribution in [2.24, 2.45) is 0 Å². The molecule has 0 aliphatic rings. The molecule has 0 spiro atoms. The van der Waals surface area contributed by atoms with E-state index >= 15 is 0 Å². The van der Waals surface area contributed by atoms with Crippen LogP contribution in [0.1, 0.15) is 34.8 Å². The molecule has 0 bridgehead atoms. The second-order valence-electron chi connectivity index (χ2n) is 3.27. The zero-order valence-electron chi connectivity index (χ0n) is 8.41. The minimum absolute atomic E-state index is 0.355. The summed E-state index contributed by atoms with van der Waals surface area (Å²) in [5.41, 5.74) is -3.24. The standard InChI is InChI=1S/C10H6ClF5O/c1-4(17)5-2-6(10(14,15)16)8(9(12)13)7(11)3-5/h2-3,9H,1H3. The van der Waals surface area contributed by atoms with Gasteiger partial charge in [0.2, 0.25) is 0 Å². The zero-order valence-corrected chi connectivity index (χ0v) is 9.16. The second kappa shape index (κ2) is 4.60. The van der Waals surface area contributed by atoms with Crippen molar-refractivity contribution in [3.63, 3.8) is 0 Å². The zero-order chi connectivity index (χ0) is 13.4. The van der Waals surface area contributed by atoms with Gasteiger partial charge >= 0.3 is 6.18 Å². The second-order valence-corrected chi connectivity index (χ2v) is 3.68. The van der Waals surface area contributed by atoms with E-state index < -0.39 is 34.5 Å². The Balaban J connectivity index is 3.57. The maximum Gasteiger partial charge on any atom is 0.416 e. The van der Waals surface area contributed by atoms with Crippen molar-refractivity contribution in [2.75, 3.05) is 0 Å². The van der Waals surface area contributed by atoms with Crippen LogP contribution < -0.4 is 0 Å². The lowest BCUT2D eigenvalue weighted by Crippen LogP contribution is -2.12. The van der Waals surface area contributed by atoms with Gasteiger partial charge in [-0.3, -0.25) is 4.79 Å². The van der Waals surface area contributed by atoms with E-state index in [9.17, 15) is 26.7 Å². The average molecular weight is 273 g/mol. The van der Waals surface area contributed by atoms with E-state index in [2.05, 4.69) is 0 Å². The summed E-state index contributed by atoms with van der Waals surface area (Å²) in [5.74, 6) is -0.682. The van der Waals surface area contributed by atoms with Crippen molar-refractivity contribution in [1.29, 1.82) is 0 Å². The number of hydrogen-bond donors (Lipinski definition) is 0. The fourth-order valence-corrected chi connectivity index (χ4v) is 1.58. The fraction of sp³-hybridized carbons (Fsp3) is 0.300. The minimum Gasteiger partial charge on any atom is -0.295 e. The van der Waals surface area contributed by atoms with Crippen LogP contribution in [0.5, 0.6) is 0 Å². The lowest BCUT2D eigenvalue weighted by Gasteiger charge is -2.15. The molecule has 0 atom stereocenters. The smallest absolute Gasteiger partial charge is 0.295 e. The molecule has 0 heterocycles. The molecule has 0 aliphatic heterocycles. The molecular formula is C10H6ClF5O. The van der Waals surface area contributed by atoms with Crippen LogP contribution in [0, 0.1) is 0 Å². The number of carbonyl (C=O) groups is 1. The van der Waals surface area contributed by atoms with E-state index in [0.29, 0.717) is 6.07 Å². The maximum absolute atomic E-state index is 12.5. The summed E-state index contributed by atoms with van der Waals surface area (Å²) >= 11 is 5.35.